The van der Waals surface area contributed by atoms with E-state index in [1.165, 1.54) is 5.56 Å². The van der Waals surface area contributed by atoms with Crippen molar-refractivity contribution in [2.45, 2.75) is 25.8 Å². The summed E-state index contributed by atoms with van der Waals surface area (Å²) in [7, 11) is 0. The van der Waals surface area contributed by atoms with Crippen LogP contribution in [0.25, 0.3) is 0 Å². The minimum Gasteiger partial charge on any atom is -0.396 e. The predicted molar refractivity (Wildman–Crippen MR) is 80.0 cm³/mol. The molecule has 4 heteroatoms. The average molecular weight is 269 g/mol. The van der Waals surface area contributed by atoms with Crippen LogP contribution in [-0.2, 0) is 17.8 Å². The van der Waals surface area contributed by atoms with E-state index in [0.717, 1.165) is 37.1 Å². The van der Waals surface area contributed by atoms with E-state index in [0.29, 0.717) is 23.5 Å². The standard InChI is InChI=1S/C16H19N3O/c1-10-14(18)15(16(10)20)19-7-3-2-4-12-6-5-11(9-17)8-13(12)19/h5-6,8H,1-4,7,9,17-18H2. The molecule has 0 saturated carbocycles. The third-order valence-electron chi connectivity index (χ3n) is 4.09. The molecule has 1 aliphatic carbocycles. The first-order chi connectivity index (χ1) is 9.63. The predicted octanol–water partition coefficient (Wildman–Crippen LogP) is 1.60. The van der Waals surface area contributed by atoms with Gasteiger partial charge < -0.3 is 16.4 Å². The third kappa shape index (κ3) is 1.84. The molecular formula is C16H19N3O. The molecule has 0 bridgehead atoms. The summed E-state index contributed by atoms with van der Waals surface area (Å²) in [5.74, 6) is -0.0338. The van der Waals surface area contributed by atoms with Crippen LogP contribution >= 0.6 is 0 Å². The lowest BCUT2D eigenvalue weighted by Crippen LogP contribution is -2.39. The molecule has 1 aromatic rings. The van der Waals surface area contributed by atoms with Gasteiger partial charge in [-0.3, -0.25) is 4.79 Å². The van der Waals surface area contributed by atoms with E-state index in [9.17, 15) is 4.79 Å². The van der Waals surface area contributed by atoms with Gasteiger partial charge in [-0.15, -0.1) is 0 Å². The number of allylic oxidation sites excluding steroid dienone is 2. The highest BCUT2D eigenvalue weighted by atomic mass is 16.1. The van der Waals surface area contributed by atoms with Gasteiger partial charge in [0.05, 0.1) is 5.70 Å². The van der Waals surface area contributed by atoms with Crippen molar-refractivity contribution in [2.75, 3.05) is 11.4 Å². The number of hydrogen-bond donors (Lipinski definition) is 2. The zero-order chi connectivity index (χ0) is 14.3. The Morgan fingerprint density at radius 1 is 1.30 bits per heavy atom. The first-order valence-corrected chi connectivity index (χ1v) is 6.96. The first-order valence-electron chi connectivity index (χ1n) is 6.96. The maximum absolute atomic E-state index is 12.0. The zero-order valence-electron chi connectivity index (χ0n) is 11.5. The van der Waals surface area contributed by atoms with Crippen molar-refractivity contribution in [1.82, 2.24) is 0 Å². The molecule has 104 valence electrons. The van der Waals surface area contributed by atoms with Crippen LogP contribution in [0.3, 0.4) is 0 Å². The van der Waals surface area contributed by atoms with Crippen molar-refractivity contribution in [3.05, 3.63) is 52.9 Å². The summed E-state index contributed by atoms with van der Waals surface area (Å²) < 4.78 is 0. The Morgan fingerprint density at radius 2 is 2.10 bits per heavy atom. The van der Waals surface area contributed by atoms with Gasteiger partial charge >= 0.3 is 0 Å². The molecule has 1 aromatic carbocycles. The molecule has 0 radical (unpaired) electrons. The van der Waals surface area contributed by atoms with Crippen LogP contribution in [0.2, 0.25) is 0 Å². The topological polar surface area (TPSA) is 72.3 Å². The number of fused-ring (bicyclic) bond motifs is 1. The summed E-state index contributed by atoms with van der Waals surface area (Å²) in [6, 6.07) is 6.25. The molecule has 2 aliphatic rings. The maximum atomic E-state index is 12.0. The highest BCUT2D eigenvalue weighted by molar-refractivity contribution is 6.21. The Labute approximate surface area is 118 Å². The molecule has 0 spiro atoms. The molecule has 3 rings (SSSR count). The SMILES string of the molecule is C=C1C(=O)C(N2CCCCc3ccc(CN)cc32)=C1N. The van der Waals surface area contributed by atoms with Crippen molar-refractivity contribution in [1.29, 1.82) is 0 Å². The van der Waals surface area contributed by atoms with E-state index < -0.39 is 0 Å². The van der Waals surface area contributed by atoms with Gasteiger partial charge in [-0.25, -0.2) is 0 Å². The van der Waals surface area contributed by atoms with Gasteiger partial charge in [0, 0.05) is 24.4 Å². The Kier molecular flexibility index (Phi) is 3.10. The molecule has 1 aliphatic heterocycles. The molecule has 0 unspecified atom stereocenters. The molecule has 0 atom stereocenters. The molecule has 4 N–H and O–H groups in total. The van der Waals surface area contributed by atoms with Gasteiger partial charge in [-0.1, -0.05) is 18.7 Å². The molecule has 0 amide bonds. The van der Waals surface area contributed by atoms with E-state index in [1.54, 1.807) is 0 Å². The Morgan fingerprint density at radius 3 is 2.80 bits per heavy atom. The summed E-state index contributed by atoms with van der Waals surface area (Å²) in [5.41, 5.74) is 16.7. The van der Waals surface area contributed by atoms with Crippen LogP contribution in [0.4, 0.5) is 5.69 Å². The van der Waals surface area contributed by atoms with Crippen molar-refractivity contribution < 1.29 is 4.79 Å². The Bertz CT molecular complexity index is 631. The van der Waals surface area contributed by atoms with Crippen molar-refractivity contribution in [3.63, 3.8) is 0 Å². The average Bonchev–Trinajstić information content (AvgIpc) is 2.69. The number of benzene rings is 1. The van der Waals surface area contributed by atoms with Crippen LogP contribution in [-0.4, -0.2) is 12.3 Å². The minimum absolute atomic E-state index is 0.0338. The maximum Gasteiger partial charge on any atom is 0.213 e. The normalized spacial score (nSPS) is 18.8. The van der Waals surface area contributed by atoms with Crippen molar-refractivity contribution in [2.24, 2.45) is 11.5 Å². The lowest BCUT2D eigenvalue weighted by molar-refractivity contribution is -0.113. The smallest absolute Gasteiger partial charge is 0.213 e. The zero-order valence-corrected chi connectivity index (χ0v) is 11.5. The van der Waals surface area contributed by atoms with E-state index in [4.69, 9.17) is 11.5 Å². The van der Waals surface area contributed by atoms with Crippen LogP contribution in [0.15, 0.2) is 41.7 Å². The number of rotatable bonds is 2. The molecule has 4 nitrogen and oxygen atoms in total. The molecule has 20 heavy (non-hydrogen) atoms. The minimum atomic E-state index is -0.0338. The Hall–Kier alpha value is -2.07. The summed E-state index contributed by atoms with van der Waals surface area (Å²) >= 11 is 0. The number of ketones is 1. The summed E-state index contributed by atoms with van der Waals surface area (Å²) in [5, 5.41) is 0. The second-order valence-electron chi connectivity index (χ2n) is 5.35. The molecular weight excluding hydrogens is 250 g/mol. The second kappa shape index (κ2) is 4.80. The number of anilines is 1. The first kappa shape index (κ1) is 12.9. The monoisotopic (exact) mass is 269 g/mol. The molecule has 0 saturated heterocycles. The fourth-order valence-electron chi connectivity index (χ4n) is 2.87. The van der Waals surface area contributed by atoms with Gasteiger partial charge in [0.1, 0.15) is 5.70 Å². The largest absolute Gasteiger partial charge is 0.396 e. The molecule has 0 aromatic heterocycles. The van der Waals surface area contributed by atoms with E-state index in [-0.39, 0.29) is 5.78 Å². The summed E-state index contributed by atoms with van der Waals surface area (Å²) in [6.45, 7) is 5.01. The lowest BCUT2D eigenvalue weighted by Gasteiger charge is -2.33. The number of hydrogen-bond acceptors (Lipinski definition) is 4. The van der Waals surface area contributed by atoms with Crippen LogP contribution in [0, 0.1) is 0 Å². The van der Waals surface area contributed by atoms with Gasteiger partial charge in [0.15, 0.2) is 0 Å². The number of aryl methyl sites for hydroxylation is 1. The summed E-state index contributed by atoms with van der Waals surface area (Å²) in [6.07, 6.45) is 3.19. The number of nitrogens with two attached hydrogens (primary N) is 2. The lowest BCUT2D eigenvalue weighted by atomic mass is 9.91. The molecule has 0 fully saturated rings. The van der Waals surface area contributed by atoms with Gasteiger partial charge in [0.2, 0.25) is 5.78 Å². The number of Topliss-reactive ketones (excluding diaryl/α,β-unsaturated/α-hetero) is 1. The van der Waals surface area contributed by atoms with Crippen LogP contribution < -0.4 is 16.4 Å². The van der Waals surface area contributed by atoms with Gasteiger partial charge in [0.25, 0.3) is 0 Å². The second-order valence-corrected chi connectivity index (χ2v) is 5.35. The van der Waals surface area contributed by atoms with Crippen LogP contribution in [0.1, 0.15) is 24.0 Å². The van der Waals surface area contributed by atoms with Gasteiger partial charge in [-0.05, 0) is 36.5 Å². The van der Waals surface area contributed by atoms with E-state index >= 15 is 0 Å². The summed E-state index contributed by atoms with van der Waals surface area (Å²) in [4.78, 5) is 14.1. The third-order valence-corrected chi connectivity index (χ3v) is 4.09. The van der Waals surface area contributed by atoms with E-state index in [1.807, 2.05) is 4.90 Å². The van der Waals surface area contributed by atoms with Crippen LogP contribution in [0.5, 0.6) is 0 Å². The van der Waals surface area contributed by atoms with Crippen molar-refractivity contribution in [3.8, 4) is 0 Å². The van der Waals surface area contributed by atoms with Gasteiger partial charge in [-0.2, -0.15) is 0 Å². The molecule has 1 heterocycles. The fourth-order valence-corrected chi connectivity index (χ4v) is 2.87. The fraction of sp³-hybridized carbons (Fsp3) is 0.312. The number of nitrogens with zero attached hydrogens (tertiary/aromatic N) is 1. The van der Waals surface area contributed by atoms with E-state index in [2.05, 4.69) is 24.8 Å². The number of carbonyl (C=O) groups excluding carboxylic acids is 1. The Balaban J connectivity index is 2.10. The number of carbonyl (C=O) groups is 1. The quantitative estimate of drug-likeness (QED) is 0.800. The highest BCUT2D eigenvalue weighted by Crippen LogP contribution is 2.36. The highest BCUT2D eigenvalue weighted by Gasteiger charge is 2.35. The van der Waals surface area contributed by atoms with Crippen molar-refractivity contribution >= 4 is 11.5 Å².